The van der Waals surface area contributed by atoms with Gasteiger partial charge in [-0.05, 0) is 36.1 Å². The van der Waals surface area contributed by atoms with Crippen molar-refractivity contribution >= 4 is 22.4 Å². The Balaban J connectivity index is 1.92. The summed E-state index contributed by atoms with van der Waals surface area (Å²) < 4.78 is 5.56. The van der Waals surface area contributed by atoms with Gasteiger partial charge in [-0.15, -0.1) is 0 Å². The summed E-state index contributed by atoms with van der Waals surface area (Å²) in [6, 6.07) is 22.6. The molecular formula is C25H21NO3. The number of para-hydroxylation sites is 1. The minimum absolute atomic E-state index is 0.0187. The van der Waals surface area contributed by atoms with E-state index in [1.54, 1.807) is 12.1 Å². The fraction of sp³-hybridized carbons (Fsp3) is 0.120. The second kappa shape index (κ2) is 7.76. The summed E-state index contributed by atoms with van der Waals surface area (Å²) in [5.74, 6) is -0.416. The first kappa shape index (κ1) is 18.7. The number of amides is 1. The third-order valence-corrected chi connectivity index (χ3v) is 5.09. The first-order valence-corrected chi connectivity index (χ1v) is 9.61. The minimum atomic E-state index is -0.522. The Labute approximate surface area is 168 Å². The molecule has 1 N–H and O–H groups in total. The van der Waals surface area contributed by atoms with E-state index in [0.717, 1.165) is 28.8 Å². The van der Waals surface area contributed by atoms with Gasteiger partial charge in [0.15, 0.2) is 0 Å². The topological polar surface area (TPSA) is 59.3 Å². The number of hydrogen-bond acceptors (Lipinski definition) is 3. The van der Waals surface area contributed by atoms with Crippen molar-refractivity contribution in [2.75, 3.05) is 5.32 Å². The summed E-state index contributed by atoms with van der Waals surface area (Å²) in [5.41, 5.74) is 3.66. The molecule has 0 fully saturated rings. The molecule has 0 aliphatic rings. The number of benzene rings is 3. The van der Waals surface area contributed by atoms with Crippen LogP contribution in [0.1, 0.15) is 28.6 Å². The Morgan fingerprint density at radius 3 is 2.31 bits per heavy atom. The van der Waals surface area contributed by atoms with Gasteiger partial charge in [0.1, 0.15) is 0 Å². The largest absolute Gasteiger partial charge is 0.416 e. The van der Waals surface area contributed by atoms with Gasteiger partial charge in [0.25, 0.3) is 5.91 Å². The van der Waals surface area contributed by atoms with Crippen molar-refractivity contribution in [3.05, 3.63) is 100 Å². The Hall–Kier alpha value is -3.66. The van der Waals surface area contributed by atoms with Crippen LogP contribution in [-0.4, -0.2) is 5.91 Å². The lowest BCUT2D eigenvalue weighted by atomic mass is 9.98. The second-order valence-corrected chi connectivity index (χ2v) is 6.92. The molecule has 4 nitrogen and oxygen atoms in total. The van der Waals surface area contributed by atoms with Crippen molar-refractivity contribution in [2.24, 2.45) is 0 Å². The number of hydrogen-bond donors (Lipinski definition) is 1. The van der Waals surface area contributed by atoms with Crippen molar-refractivity contribution in [3.8, 4) is 11.1 Å². The summed E-state index contributed by atoms with van der Waals surface area (Å²) in [4.78, 5) is 25.9. The van der Waals surface area contributed by atoms with Gasteiger partial charge in [0.05, 0.1) is 5.39 Å². The van der Waals surface area contributed by atoms with Crippen molar-refractivity contribution in [3.63, 3.8) is 0 Å². The normalized spacial score (nSPS) is 10.8. The maximum Gasteiger partial charge on any atom is 0.344 e. The molecule has 29 heavy (non-hydrogen) atoms. The van der Waals surface area contributed by atoms with Gasteiger partial charge >= 0.3 is 5.63 Å². The Morgan fingerprint density at radius 1 is 0.897 bits per heavy atom. The molecule has 0 aliphatic heterocycles. The fourth-order valence-corrected chi connectivity index (χ4v) is 3.62. The summed E-state index contributed by atoms with van der Waals surface area (Å²) in [5, 5.41) is 4.12. The van der Waals surface area contributed by atoms with Crippen LogP contribution in [0.15, 0.2) is 82.0 Å². The number of rotatable bonds is 4. The van der Waals surface area contributed by atoms with E-state index in [0.29, 0.717) is 16.3 Å². The van der Waals surface area contributed by atoms with Gasteiger partial charge in [-0.25, -0.2) is 4.79 Å². The van der Waals surface area contributed by atoms with Gasteiger partial charge in [-0.3, -0.25) is 4.79 Å². The van der Waals surface area contributed by atoms with Crippen LogP contribution in [0.5, 0.6) is 0 Å². The van der Waals surface area contributed by atoms with Gasteiger partial charge in [0.2, 0.25) is 5.76 Å². The van der Waals surface area contributed by atoms with E-state index < -0.39 is 11.5 Å². The highest BCUT2D eigenvalue weighted by molar-refractivity contribution is 6.12. The van der Waals surface area contributed by atoms with Crippen molar-refractivity contribution < 1.29 is 9.21 Å². The maximum atomic E-state index is 13.3. The molecule has 0 radical (unpaired) electrons. The quantitative estimate of drug-likeness (QED) is 0.500. The molecule has 3 aromatic carbocycles. The first-order valence-electron chi connectivity index (χ1n) is 9.61. The summed E-state index contributed by atoms with van der Waals surface area (Å²) in [6.07, 6.45) is 0.782. The molecule has 144 valence electrons. The average Bonchev–Trinajstić information content (AvgIpc) is 2.75. The zero-order valence-corrected chi connectivity index (χ0v) is 16.4. The van der Waals surface area contributed by atoms with Crippen LogP contribution in [0.25, 0.3) is 21.9 Å². The summed E-state index contributed by atoms with van der Waals surface area (Å²) >= 11 is 0. The van der Waals surface area contributed by atoms with E-state index in [9.17, 15) is 9.59 Å². The predicted octanol–water partition coefficient (Wildman–Crippen LogP) is 5.58. The molecule has 4 heteroatoms. The molecule has 0 spiro atoms. The van der Waals surface area contributed by atoms with Crippen LogP contribution in [0, 0.1) is 6.92 Å². The molecule has 0 unspecified atom stereocenters. The third-order valence-electron chi connectivity index (χ3n) is 5.09. The number of nitrogens with one attached hydrogen (secondary N) is 1. The highest BCUT2D eigenvalue weighted by atomic mass is 16.4. The molecule has 4 aromatic rings. The van der Waals surface area contributed by atoms with Gasteiger partial charge in [-0.1, -0.05) is 73.7 Å². The zero-order valence-electron chi connectivity index (χ0n) is 16.4. The SMILES string of the molecule is CCc1cccc(C)c1NC(=O)c1oc(=O)c2ccccc2c1-c1ccccc1. The monoisotopic (exact) mass is 383 g/mol. The standard InChI is InChI=1S/C25H21NO3/c1-3-17-13-9-10-16(2)22(17)26-24(27)23-21(18-11-5-4-6-12-18)19-14-7-8-15-20(19)25(28)29-23/h4-15H,3H2,1-2H3,(H,26,27). The number of fused-ring (bicyclic) bond motifs is 1. The number of carbonyl (C=O) groups excluding carboxylic acids is 1. The van der Waals surface area contributed by atoms with Crippen LogP contribution >= 0.6 is 0 Å². The van der Waals surface area contributed by atoms with Crippen molar-refractivity contribution in [1.82, 2.24) is 0 Å². The van der Waals surface area contributed by atoms with Crippen LogP contribution < -0.4 is 10.9 Å². The molecule has 1 amide bonds. The smallest absolute Gasteiger partial charge is 0.344 e. The fourth-order valence-electron chi connectivity index (χ4n) is 3.62. The number of aryl methyl sites for hydroxylation is 2. The first-order chi connectivity index (χ1) is 14.1. The maximum absolute atomic E-state index is 13.3. The molecular weight excluding hydrogens is 362 g/mol. The van der Waals surface area contributed by atoms with Crippen LogP contribution in [0.3, 0.4) is 0 Å². The lowest BCUT2D eigenvalue weighted by molar-refractivity contribution is 0.0994. The van der Waals surface area contributed by atoms with E-state index >= 15 is 0 Å². The van der Waals surface area contributed by atoms with Gasteiger partial charge < -0.3 is 9.73 Å². The van der Waals surface area contributed by atoms with E-state index in [-0.39, 0.29) is 5.76 Å². The highest BCUT2D eigenvalue weighted by Crippen LogP contribution is 2.31. The van der Waals surface area contributed by atoms with Crippen molar-refractivity contribution in [1.29, 1.82) is 0 Å². The molecule has 0 saturated heterocycles. The molecule has 0 aliphatic carbocycles. The lowest BCUT2D eigenvalue weighted by Crippen LogP contribution is -2.18. The number of carbonyl (C=O) groups is 1. The van der Waals surface area contributed by atoms with E-state index in [2.05, 4.69) is 5.32 Å². The highest BCUT2D eigenvalue weighted by Gasteiger charge is 2.22. The molecule has 0 atom stereocenters. The van der Waals surface area contributed by atoms with Gasteiger partial charge in [-0.2, -0.15) is 0 Å². The zero-order chi connectivity index (χ0) is 20.4. The predicted molar refractivity (Wildman–Crippen MR) is 116 cm³/mol. The third kappa shape index (κ3) is 3.45. The second-order valence-electron chi connectivity index (χ2n) is 6.92. The summed E-state index contributed by atoms with van der Waals surface area (Å²) in [7, 11) is 0. The van der Waals surface area contributed by atoms with Crippen LogP contribution in [0.2, 0.25) is 0 Å². The molecule has 1 aromatic heterocycles. The Kier molecular flexibility index (Phi) is 5.00. The molecule has 4 rings (SSSR count). The lowest BCUT2D eigenvalue weighted by Gasteiger charge is -2.15. The molecule has 0 bridgehead atoms. The Morgan fingerprint density at radius 2 is 1.59 bits per heavy atom. The molecule has 1 heterocycles. The van der Waals surface area contributed by atoms with E-state index in [1.165, 1.54) is 0 Å². The minimum Gasteiger partial charge on any atom is -0.416 e. The van der Waals surface area contributed by atoms with Crippen LogP contribution in [0.4, 0.5) is 5.69 Å². The summed E-state index contributed by atoms with van der Waals surface area (Å²) in [6.45, 7) is 3.99. The Bertz CT molecular complexity index is 1260. The molecule has 0 saturated carbocycles. The van der Waals surface area contributed by atoms with Gasteiger partial charge in [0, 0.05) is 16.6 Å². The number of anilines is 1. The van der Waals surface area contributed by atoms with Crippen LogP contribution in [-0.2, 0) is 6.42 Å². The van der Waals surface area contributed by atoms with Crippen molar-refractivity contribution in [2.45, 2.75) is 20.3 Å². The van der Waals surface area contributed by atoms with E-state index in [1.807, 2.05) is 74.5 Å². The average molecular weight is 383 g/mol. The van der Waals surface area contributed by atoms with E-state index in [4.69, 9.17) is 4.42 Å².